The second-order valence-corrected chi connectivity index (χ2v) is 4.42. The van der Waals surface area contributed by atoms with Crippen molar-refractivity contribution >= 4 is 0 Å². The monoisotopic (exact) mass is 185 g/mol. The van der Waals surface area contributed by atoms with Crippen LogP contribution in [0.25, 0.3) is 0 Å². The van der Waals surface area contributed by atoms with Crippen LogP contribution in [-0.2, 0) is 5.41 Å². The largest absolute Gasteiger partial charge is 0.197 e. The zero-order valence-corrected chi connectivity index (χ0v) is 8.80. The molecular weight excluding hydrogens is 170 g/mol. The molecule has 0 spiro atoms. The quantitative estimate of drug-likeness (QED) is 0.658. The predicted molar refractivity (Wildman–Crippen MR) is 57.1 cm³/mol. The molecule has 2 rings (SSSR count). The normalized spacial score (nSPS) is 18.4. The number of hydrogen-bond donors (Lipinski definition) is 0. The topological polar surface area (TPSA) is 23.8 Å². The van der Waals surface area contributed by atoms with Gasteiger partial charge in [-0.15, -0.1) is 0 Å². The first-order valence-corrected chi connectivity index (χ1v) is 5.16. The Morgan fingerprint density at radius 2 is 1.71 bits per heavy atom. The smallest absolute Gasteiger partial charge is 0.0822 e. The number of rotatable bonds is 1. The summed E-state index contributed by atoms with van der Waals surface area (Å²) >= 11 is 0. The summed E-state index contributed by atoms with van der Waals surface area (Å²) in [4.78, 5) is 0. The van der Waals surface area contributed by atoms with E-state index < -0.39 is 0 Å². The van der Waals surface area contributed by atoms with Crippen molar-refractivity contribution in [2.75, 3.05) is 0 Å². The van der Waals surface area contributed by atoms with Crippen molar-refractivity contribution in [2.45, 2.75) is 38.5 Å². The molecule has 1 fully saturated rings. The van der Waals surface area contributed by atoms with Crippen molar-refractivity contribution in [1.82, 2.24) is 0 Å². The molecule has 0 bridgehead atoms. The molecule has 1 aliphatic carbocycles. The maximum absolute atomic E-state index is 9.22. The number of aryl methyl sites for hydroxylation is 2. The zero-order valence-electron chi connectivity index (χ0n) is 8.80. The van der Waals surface area contributed by atoms with Crippen LogP contribution < -0.4 is 0 Å². The van der Waals surface area contributed by atoms with Crippen LogP contribution in [0.15, 0.2) is 18.2 Å². The fourth-order valence-electron chi connectivity index (χ4n) is 2.25. The molecule has 0 amide bonds. The Balaban J connectivity index is 2.46. The van der Waals surface area contributed by atoms with Crippen molar-refractivity contribution in [3.8, 4) is 6.07 Å². The molecule has 1 aromatic carbocycles. The third kappa shape index (κ3) is 1.32. The molecule has 0 saturated heterocycles. The second-order valence-electron chi connectivity index (χ2n) is 4.42. The number of hydrogen-bond acceptors (Lipinski definition) is 1. The highest BCUT2D eigenvalue weighted by atomic mass is 14.4. The van der Waals surface area contributed by atoms with Crippen molar-refractivity contribution in [1.29, 1.82) is 5.26 Å². The first-order chi connectivity index (χ1) is 6.66. The summed E-state index contributed by atoms with van der Waals surface area (Å²) in [6.45, 7) is 4.19. The Labute approximate surface area is 85.4 Å². The van der Waals surface area contributed by atoms with Gasteiger partial charge in [0.1, 0.15) is 0 Å². The molecule has 0 N–H and O–H groups in total. The molecule has 0 radical (unpaired) electrons. The van der Waals surface area contributed by atoms with Crippen LogP contribution >= 0.6 is 0 Å². The lowest BCUT2D eigenvalue weighted by atomic mass is 9.65. The molecule has 14 heavy (non-hydrogen) atoms. The number of nitrogens with zero attached hydrogens (tertiary/aromatic N) is 1. The van der Waals surface area contributed by atoms with Crippen molar-refractivity contribution in [2.24, 2.45) is 0 Å². The van der Waals surface area contributed by atoms with E-state index >= 15 is 0 Å². The number of nitriles is 1. The average Bonchev–Trinajstić information content (AvgIpc) is 2.01. The zero-order chi connectivity index (χ0) is 10.2. The third-order valence-electron chi connectivity index (χ3n) is 3.20. The molecule has 1 heteroatoms. The van der Waals surface area contributed by atoms with Gasteiger partial charge >= 0.3 is 0 Å². The van der Waals surface area contributed by atoms with Gasteiger partial charge in [-0.1, -0.05) is 29.3 Å². The Hall–Kier alpha value is -1.29. The summed E-state index contributed by atoms with van der Waals surface area (Å²) in [7, 11) is 0. The minimum absolute atomic E-state index is 0.156. The standard InChI is InChI=1S/C13H15N/c1-10-6-11(2)8-12(7-10)13(9-14)4-3-5-13/h6-8H,3-5H2,1-2H3. The fraction of sp³-hybridized carbons (Fsp3) is 0.462. The molecule has 1 nitrogen and oxygen atoms in total. The van der Waals surface area contributed by atoms with Gasteiger partial charge in [0.15, 0.2) is 0 Å². The van der Waals surface area contributed by atoms with Crippen LogP contribution in [0.2, 0.25) is 0 Å². The summed E-state index contributed by atoms with van der Waals surface area (Å²) in [5, 5.41) is 9.22. The van der Waals surface area contributed by atoms with E-state index in [0.717, 1.165) is 12.8 Å². The minimum atomic E-state index is -0.156. The Bertz CT molecular complexity index is 374. The lowest BCUT2D eigenvalue weighted by molar-refractivity contribution is 0.324. The van der Waals surface area contributed by atoms with Crippen LogP contribution in [0.4, 0.5) is 0 Å². The lowest BCUT2D eigenvalue weighted by Crippen LogP contribution is -2.32. The Morgan fingerprint density at radius 3 is 2.07 bits per heavy atom. The van der Waals surface area contributed by atoms with E-state index in [0.29, 0.717) is 0 Å². The molecule has 1 saturated carbocycles. The maximum atomic E-state index is 9.22. The van der Waals surface area contributed by atoms with Crippen LogP contribution in [0.1, 0.15) is 36.0 Å². The maximum Gasteiger partial charge on any atom is 0.0822 e. The molecule has 0 unspecified atom stereocenters. The van der Waals surface area contributed by atoms with Gasteiger partial charge in [-0.25, -0.2) is 0 Å². The van der Waals surface area contributed by atoms with Gasteiger partial charge in [0.25, 0.3) is 0 Å². The van der Waals surface area contributed by atoms with E-state index in [4.69, 9.17) is 0 Å². The van der Waals surface area contributed by atoms with E-state index in [2.05, 4.69) is 38.1 Å². The van der Waals surface area contributed by atoms with Crippen LogP contribution in [0, 0.1) is 25.2 Å². The van der Waals surface area contributed by atoms with Gasteiger partial charge in [0.2, 0.25) is 0 Å². The third-order valence-corrected chi connectivity index (χ3v) is 3.20. The van der Waals surface area contributed by atoms with E-state index in [1.165, 1.54) is 23.1 Å². The Kier molecular flexibility index (Phi) is 2.07. The van der Waals surface area contributed by atoms with Gasteiger partial charge in [0, 0.05) is 0 Å². The summed E-state index contributed by atoms with van der Waals surface area (Å²) in [6, 6.07) is 8.97. The van der Waals surface area contributed by atoms with Crippen molar-refractivity contribution in [3.63, 3.8) is 0 Å². The lowest BCUT2D eigenvalue weighted by Gasteiger charge is -2.36. The highest BCUT2D eigenvalue weighted by molar-refractivity contribution is 5.40. The summed E-state index contributed by atoms with van der Waals surface area (Å²) in [5.74, 6) is 0. The van der Waals surface area contributed by atoms with E-state index in [1.807, 2.05) is 0 Å². The molecule has 0 atom stereocenters. The fourth-order valence-corrected chi connectivity index (χ4v) is 2.25. The highest BCUT2D eigenvalue weighted by Gasteiger charge is 2.38. The molecular formula is C13H15N. The SMILES string of the molecule is Cc1cc(C)cc(C2(C#N)CCC2)c1. The molecule has 1 aromatic rings. The first kappa shape index (κ1) is 9.27. The van der Waals surface area contributed by atoms with Crippen LogP contribution in [-0.4, -0.2) is 0 Å². The first-order valence-electron chi connectivity index (χ1n) is 5.16. The van der Waals surface area contributed by atoms with Gasteiger partial charge in [-0.05, 0) is 38.7 Å². The second kappa shape index (κ2) is 3.13. The molecule has 72 valence electrons. The average molecular weight is 185 g/mol. The van der Waals surface area contributed by atoms with Crippen LogP contribution in [0.5, 0.6) is 0 Å². The van der Waals surface area contributed by atoms with Crippen molar-refractivity contribution < 1.29 is 0 Å². The predicted octanol–water partition coefficient (Wildman–Crippen LogP) is 3.25. The van der Waals surface area contributed by atoms with Crippen LogP contribution in [0.3, 0.4) is 0 Å². The molecule has 0 aromatic heterocycles. The highest BCUT2D eigenvalue weighted by Crippen LogP contribution is 2.43. The van der Waals surface area contributed by atoms with E-state index in [-0.39, 0.29) is 5.41 Å². The van der Waals surface area contributed by atoms with Gasteiger partial charge < -0.3 is 0 Å². The molecule has 1 aliphatic rings. The van der Waals surface area contributed by atoms with Gasteiger partial charge in [0.05, 0.1) is 11.5 Å². The number of benzene rings is 1. The molecule has 0 aliphatic heterocycles. The van der Waals surface area contributed by atoms with E-state index in [1.54, 1.807) is 0 Å². The summed E-state index contributed by atoms with van der Waals surface area (Å²) < 4.78 is 0. The van der Waals surface area contributed by atoms with Gasteiger partial charge in [-0.3, -0.25) is 0 Å². The summed E-state index contributed by atoms with van der Waals surface area (Å²) in [5.41, 5.74) is 3.60. The van der Waals surface area contributed by atoms with Crippen molar-refractivity contribution in [3.05, 3.63) is 34.9 Å². The summed E-state index contributed by atoms with van der Waals surface area (Å²) in [6.07, 6.45) is 3.26. The Morgan fingerprint density at radius 1 is 1.14 bits per heavy atom. The van der Waals surface area contributed by atoms with Gasteiger partial charge in [-0.2, -0.15) is 5.26 Å². The van der Waals surface area contributed by atoms with E-state index in [9.17, 15) is 5.26 Å². The minimum Gasteiger partial charge on any atom is -0.197 e. The molecule has 0 heterocycles.